The molecule has 22 heavy (non-hydrogen) atoms. The number of anilines is 1. The van der Waals surface area contributed by atoms with Crippen molar-refractivity contribution in [1.29, 1.82) is 0 Å². The van der Waals surface area contributed by atoms with E-state index in [4.69, 9.17) is 0 Å². The Morgan fingerprint density at radius 3 is 2.50 bits per heavy atom. The van der Waals surface area contributed by atoms with Crippen LogP contribution in [0.4, 0.5) is 11.4 Å². The molecule has 0 aliphatic heterocycles. The molecule has 6 nitrogen and oxygen atoms in total. The van der Waals surface area contributed by atoms with E-state index in [2.05, 4.69) is 26.5 Å². The van der Waals surface area contributed by atoms with Crippen LogP contribution in [0.3, 0.4) is 0 Å². The van der Waals surface area contributed by atoms with E-state index in [0.717, 1.165) is 5.69 Å². The summed E-state index contributed by atoms with van der Waals surface area (Å²) in [4.78, 5) is 10.7. The number of nitrogens with one attached hydrogen (secondary N) is 1. The second kappa shape index (κ2) is 6.57. The van der Waals surface area contributed by atoms with Gasteiger partial charge in [0.2, 0.25) is 0 Å². The van der Waals surface area contributed by atoms with Gasteiger partial charge < -0.3 is 5.11 Å². The van der Waals surface area contributed by atoms with Gasteiger partial charge in [0.15, 0.2) is 0 Å². The van der Waals surface area contributed by atoms with E-state index in [1.807, 2.05) is 30.3 Å². The summed E-state index contributed by atoms with van der Waals surface area (Å²) in [5.41, 5.74) is 4.59. The number of halogens is 1. The lowest BCUT2D eigenvalue weighted by atomic mass is 10.0. The summed E-state index contributed by atoms with van der Waals surface area (Å²) in [6, 6.07) is 9.25. The van der Waals surface area contributed by atoms with Crippen LogP contribution in [0.25, 0.3) is 0 Å². The number of para-hydroxylation sites is 1. The van der Waals surface area contributed by atoms with E-state index in [1.165, 1.54) is 6.21 Å². The van der Waals surface area contributed by atoms with Crippen LogP contribution in [-0.2, 0) is 0 Å². The Morgan fingerprint density at radius 2 is 1.91 bits per heavy atom. The molecule has 0 atom stereocenters. The van der Waals surface area contributed by atoms with Crippen molar-refractivity contribution in [3.63, 3.8) is 0 Å². The third-order valence-electron chi connectivity index (χ3n) is 3.25. The molecule has 0 unspecified atom stereocenters. The zero-order chi connectivity index (χ0) is 16.3. The number of aromatic hydroxyl groups is 1. The maximum absolute atomic E-state index is 11.2. The molecule has 2 aromatic carbocycles. The number of phenols is 1. The van der Waals surface area contributed by atoms with Gasteiger partial charge in [-0.05, 0) is 41.9 Å². The topological polar surface area (TPSA) is 87.8 Å². The molecule has 0 heterocycles. The Hall–Kier alpha value is -2.41. The first-order valence-electron chi connectivity index (χ1n) is 6.43. The lowest BCUT2D eigenvalue weighted by Crippen LogP contribution is -2.02. The van der Waals surface area contributed by atoms with Crippen LogP contribution in [0.15, 0.2) is 39.9 Å². The predicted molar refractivity (Wildman–Crippen MR) is 89.6 cm³/mol. The lowest BCUT2D eigenvalue weighted by Gasteiger charge is -2.10. The number of hydrogen-bond acceptors (Lipinski definition) is 5. The largest absolute Gasteiger partial charge is 0.506 e. The first kappa shape index (κ1) is 16.0. The van der Waals surface area contributed by atoms with Gasteiger partial charge in [-0.2, -0.15) is 5.10 Å². The van der Waals surface area contributed by atoms with Gasteiger partial charge in [-0.1, -0.05) is 18.2 Å². The smallest absolute Gasteiger partial charge is 0.277 e. The van der Waals surface area contributed by atoms with Crippen LogP contribution in [0.2, 0.25) is 0 Å². The molecule has 2 aromatic rings. The average molecular weight is 364 g/mol. The molecule has 0 radical (unpaired) electrons. The fourth-order valence-corrected chi connectivity index (χ4v) is 2.50. The van der Waals surface area contributed by atoms with Crippen LogP contribution < -0.4 is 5.43 Å². The molecule has 0 spiro atoms. The molecule has 0 fully saturated rings. The van der Waals surface area contributed by atoms with Crippen molar-refractivity contribution in [3.8, 4) is 5.75 Å². The molecular formula is C15H14BrN3O3. The maximum Gasteiger partial charge on any atom is 0.277 e. The number of nitro groups is 1. The van der Waals surface area contributed by atoms with Crippen molar-refractivity contribution in [2.75, 3.05) is 5.43 Å². The minimum atomic E-state index is -0.461. The Morgan fingerprint density at radius 1 is 1.27 bits per heavy atom. The molecule has 0 bridgehead atoms. The Balaban J connectivity index is 2.41. The highest BCUT2D eigenvalue weighted by Gasteiger charge is 2.24. The van der Waals surface area contributed by atoms with E-state index >= 15 is 0 Å². The Labute approximate surface area is 135 Å². The lowest BCUT2D eigenvalue weighted by molar-refractivity contribution is -0.386. The summed E-state index contributed by atoms with van der Waals surface area (Å²) in [7, 11) is 0. The second-order valence-electron chi connectivity index (χ2n) is 4.67. The zero-order valence-electron chi connectivity index (χ0n) is 12.0. The Bertz CT molecular complexity index is 746. The van der Waals surface area contributed by atoms with Gasteiger partial charge in [0.1, 0.15) is 5.75 Å². The molecule has 114 valence electrons. The first-order chi connectivity index (χ1) is 10.4. The fraction of sp³-hybridized carbons (Fsp3) is 0.133. The number of rotatable bonds is 4. The molecule has 0 amide bonds. The van der Waals surface area contributed by atoms with E-state index < -0.39 is 4.92 Å². The third-order valence-corrected chi connectivity index (χ3v) is 4.22. The summed E-state index contributed by atoms with van der Waals surface area (Å²) < 4.78 is 0.297. The van der Waals surface area contributed by atoms with Crippen molar-refractivity contribution in [1.82, 2.24) is 0 Å². The molecule has 2 rings (SSSR count). The third kappa shape index (κ3) is 3.09. The van der Waals surface area contributed by atoms with Gasteiger partial charge in [0.05, 0.1) is 21.3 Å². The van der Waals surface area contributed by atoms with Crippen LogP contribution in [0, 0.1) is 24.0 Å². The van der Waals surface area contributed by atoms with E-state index in [1.54, 1.807) is 13.8 Å². The van der Waals surface area contributed by atoms with Gasteiger partial charge in [-0.3, -0.25) is 15.5 Å². The SMILES string of the molecule is Cc1c(Br)c(O)c(C=NNc2ccccc2)c(C)c1[N+](=O)[O-]. The molecule has 0 aliphatic rings. The van der Waals surface area contributed by atoms with Crippen molar-refractivity contribution in [2.24, 2.45) is 5.10 Å². The van der Waals surface area contributed by atoms with Crippen LogP contribution in [0.1, 0.15) is 16.7 Å². The number of phenolic OH excluding ortho intramolecular Hbond substituents is 1. The predicted octanol–water partition coefficient (Wildman–Crippen LogP) is 4.13. The standard InChI is InChI=1S/C15H14BrN3O3/c1-9-12(8-17-18-11-6-4-3-5-7-11)15(20)13(16)10(2)14(9)19(21)22/h3-8,18,20H,1-2H3. The summed E-state index contributed by atoms with van der Waals surface area (Å²) in [5, 5.41) is 25.4. The number of benzene rings is 2. The number of hydrogen-bond donors (Lipinski definition) is 2. The monoisotopic (exact) mass is 363 g/mol. The number of hydrazone groups is 1. The van der Waals surface area contributed by atoms with Crippen molar-refractivity contribution in [2.45, 2.75) is 13.8 Å². The average Bonchev–Trinajstić information content (AvgIpc) is 2.49. The number of nitrogens with zero attached hydrogens (tertiary/aromatic N) is 2. The minimum Gasteiger partial charge on any atom is -0.506 e. The fourth-order valence-electron chi connectivity index (χ4n) is 2.10. The van der Waals surface area contributed by atoms with Gasteiger partial charge in [0.25, 0.3) is 5.69 Å². The van der Waals surface area contributed by atoms with Crippen LogP contribution in [0.5, 0.6) is 5.75 Å². The number of nitro benzene ring substituents is 1. The summed E-state index contributed by atoms with van der Waals surface area (Å²) in [6.07, 6.45) is 1.37. The highest BCUT2D eigenvalue weighted by atomic mass is 79.9. The van der Waals surface area contributed by atoms with Crippen molar-refractivity contribution >= 4 is 33.5 Å². The molecule has 0 saturated carbocycles. The molecule has 7 heteroatoms. The van der Waals surface area contributed by atoms with Gasteiger partial charge in [0, 0.05) is 16.7 Å². The summed E-state index contributed by atoms with van der Waals surface area (Å²) >= 11 is 3.18. The summed E-state index contributed by atoms with van der Waals surface area (Å²) in [5.74, 6) is -0.0702. The van der Waals surface area contributed by atoms with Gasteiger partial charge in [-0.15, -0.1) is 0 Å². The highest BCUT2D eigenvalue weighted by molar-refractivity contribution is 9.10. The Kier molecular flexibility index (Phi) is 4.77. The zero-order valence-corrected chi connectivity index (χ0v) is 13.6. The van der Waals surface area contributed by atoms with Crippen molar-refractivity contribution < 1.29 is 10.0 Å². The molecular weight excluding hydrogens is 350 g/mol. The summed E-state index contributed by atoms with van der Waals surface area (Å²) in [6.45, 7) is 3.17. The minimum absolute atomic E-state index is 0.0363. The quantitative estimate of drug-likeness (QED) is 0.485. The van der Waals surface area contributed by atoms with E-state index in [0.29, 0.717) is 21.2 Å². The first-order valence-corrected chi connectivity index (χ1v) is 7.23. The molecule has 0 saturated heterocycles. The second-order valence-corrected chi connectivity index (χ2v) is 5.46. The van der Waals surface area contributed by atoms with Gasteiger partial charge in [-0.25, -0.2) is 0 Å². The maximum atomic E-state index is 11.2. The van der Waals surface area contributed by atoms with Crippen LogP contribution >= 0.6 is 15.9 Å². The molecule has 0 aromatic heterocycles. The highest BCUT2D eigenvalue weighted by Crippen LogP contribution is 2.39. The van der Waals surface area contributed by atoms with E-state index in [-0.39, 0.29) is 11.4 Å². The molecule has 0 aliphatic carbocycles. The van der Waals surface area contributed by atoms with E-state index in [9.17, 15) is 15.2 Å². The van der Waals surface area contributed by atoms with Gasteiger partial charge >= 0.3 is 0 Å². The molecule has 2 N–H and O–H groups in total. The normalized spacial score (nSPS) is 10.9. The van der Waals surface area contributed by atoms with Crippen molar-refractivity contribution in [3.05, 3.63) is 61.6 Å². The van der Waals surface area contributed by atoms with Crippen LogP contribution in [-0.4, -0.2) is 16.2 Å².